The van der Waals surface area contributed by atoms with Gasteiger partial charge >= 0.3 is 0 Å². The molecule has 1 aliphatic carbocycles. The van der Waals surface area contributed by atoms with Gasteiger partial charge in [-0.15, -0.1) is 5.10 Å². The maximum absolute atomic E-state index is 6.37. The molecule has 0 amide bonds. The lowest BCUT2D eigenvalue weighted by atomic mass is 10.0. The molecule has 3 aromatic rings. The number of fused-ring (bicyclic) bond motifs is 1. The lowest BCUT2D eigenvalue weighted by Crippen LogP contribution is -2.04. The Balaban J connectivity index is 1.81. The van der Waals surface area contributed by atoms with Crippen LogP contribution in [-0.4, -0.2) is 15.0 Å². The van der Waals surface area contributed by atoms with Crippen LogP contribution >= 0.6 is 0 Å². The van der Waals surface area contributed by atoms with Gasteiger partial charge in [0.1, 0.15) is 5.69 Å². The third-order valence-corrected chi connectivity index (χ3v) is 4.67. The van der Waals surface area contributed by atoms with Crippen molar-refractivity contribution in [2.24, 2.45) is 0 Å². The standard InChI is InChI=1S/C19H20N4/c1-12-6-7-13(2)17(10-12)23-19(20)18(21-22-23)16-9-8-14-4-3-5-15(14)11-16/h6-11H,3-5,20H2,1-2H3. The van der Waals surface area contributed by atoms with Gasteiger partial charge in [0.2, 0.25) is 0 Å². The summed E-state index contributed by atoms with van der Waals surface area (Å²) in [6.07, 6.45) is 3.57. The second-order valence-electron chi connectivity index (χ2n) is 6.36. The maximum atomic E-state index is 6.37. The molecule has 0 fully saturated rings. The highest BCUT2D eigenvalue weighted by Gasteiger charge is 2.17. The van der Waals surface area contributed by atoms with Crippen LogP contribution in [0.5, 0.6) is 0 Å². The molecule has 1 heterocycles. The van der Waals surface area contributed by atoms with E-state index in [0.717, 1.165) is 28.9 Å². The number of hydrogen-bond donors (Lipinski definition) is 1. The molecule has 0 spiro atoms. The van der Waals surface area contributed by atoms with Gasteiger partial charge in [0.05, 0.1) is 5.69 Å². The van der Waals surface area contributed by atoms with E-state index in [9.17, 15) is 0 Å². The minimum atomic E-state index is 0.594. The Kier molecular flexibility index (Phi) is 3.18. The number of rotatable bonds is 2. The summed E-state index contributed by atoms with van der Waals surface area (Å²) in [4.78, 5) is 0. The van der Waals surface area contributed by atoms with Crippen molar-refractivity contribution in [1.82, 2.24) is 15.0 Å². The smallest absolute Gasteiger partial charge is 0.155 e. The first-order valence-corrected chi connectivity index (χ1v) is 8.04. The summed E-state index contributed by atoms with van der Waals surface area (Å²) in [5, 5.41) is 8.65. The van der Waals surface area contributed by atoms with E-state index in [1.54, 1.807) is 4.68 Å². The van der Waals surface area contributed by atoms with E-state index in [1.165, 1.54) is 29.5 Å². The summed E-state index contributed by atoms with van der Waals surface area (Å²) in [5.41, 5.74) is 14.4. The first-order chi connectivity index (χ1) is 11.1. The van der Waals surface area contributed by atoms with Crippen molar-refractivity contribution in [2.45, 2.75) is 33.1 Å². The number of nitrogens with zero attached hydrogens (tertiary/aromatic N) is 3. The fraction of sp³-hybridized carbons (Fsp3) is 0.263. The van der Waals surface area contributed by atoms with Crippen molar-refractivity contribution < 1.29 is 0 Å². The third kappa shape index (κ3) is 2.31. The van der Waals surface area contributed by atoms with Crippen LogP contribution in [0.25, 0.3) is 16.9 Å². The van der Waals surface area contributed by atoms with Gasteiger partial charge in [-0.3, -0.25) is 0 Å². The molecule has 4 heteroatoms. The molecule has 0 saturated carbocycles. The zero-order chi connectivity index (χ0) is 16.0. The second-order valence-corrected chi connectivity index (χ2v) is 6.36. The largest absolute Gasteiger partial charge is 0.382 e. The lowest BCUT2D eigenvalue weighted by molar-refractivity contribution is 0.805. The summed E-state index contributed by atoms with van der Waals surface area (Å²) in [6.45, 7) is 4.13. The van der Waals surface area contributed by atoms with Crippen LogP contribution in [0, 0.1) is 13.8 Å². The van der Waals surface area contributed by atoms with E-state index in [4.69, 9.17) is 5.73 Å². The van der Waals surface area contributed by atoms with E-state index >= 15 is 0 Å². The molecular formula is C19H20N4. The summed E-state index contributed by atoms with van der Waals surface area (Å²) >= 11 is 0. The van der Waals surface area contributed by atoms with Crippen LogP contribution < -0.4 is 5.73 Å². The predicted molar refractivity (Wildman–Crippen MR) is 92.7 cm³/mol. The first-order valence-electron chi connectivity index (χ1n) is 8.04. The molecule has 0 radical (unpaired) electrons. The van der Waals surface area contributed by atoms with Crippen LogP contribution in [0.3, 0.4) is 0 Å². The van der Waals surface area contributed by atoms with E-state index in [-0.39, 0.29) is 0 Å². The molecule has 116 valence electrons. The number of aromatic nitrogens is 3. The normalized spacial score (nSPS) is 13.3. The van der Waals surface area contributed by atoms with Crippen molar-refractivity contribution in [1.29, 1.82) is 0 Å². The topological polar surface area (TPSA) is 56.7 Å². The lowest BCUT2D eigenvalue weighted by Gasteiger charge is -2.08. The van der Waals surface area contributed by atoms with Crippen LogP contribution in [0.2, 0.25) is 0 Å². The molecule has 1 aromatic heterocycles. The highest BCUT2D eigenvalue weighted by Crippen LogP contribution is 2.31. The Morgan fingerprint density at radius 2 is 1.83 bits per heavy atom. The molecule has 1 aliphatic rings. The van der Waals surface area contributed by atoms with E-state index in [2.05, 4.69) is 60.6 Å². The average Bonchev–Trinajstić information content (AvgIpc) is 3.15. The number of hydrogen-bond acceptors (Lipinski definition) is 3. The minimum Gasteiger partial charge on any atom is -0.382 e. The molecule has 0 saturated heterocycles. The van der Waals surface area contributed by atoms with Gasteiger partial charge in [0, 0.05) is 5.56 Å². The molecular weight excluding hydrogens is 284 g/mol. The molecule has 0 atom stereocenters. The zero-order valence-electron chi connectivity index (χ0n) is 13.5. The highest BCUT2D eigenvalue weighted by molar-refractivity contribution is 5.72. The quantitative estimate of drug-likeness (QED) is 0.786. The molecule has 4 rings (SSSR count). The van der Waals surface area contributed by atoms with Crippen molar-refractivity contribution >= 4 is 5.82 Å². The Labute approximate surface area is 135 Å². The fourth-order valence-electron chi connectivity index (χ4n) is 3.34. The predicted octanol–water partition coefficient (Wildman–Crippen LogP) is 3.62. The van der Waals surface area contributed by atoms with E-state index in [0.29, 0.717) is 5.82 Å². The van der Waals surface area contributed by atoms with Gasteiger partial charge < -0.3 is 5.73 Å². The van der Waals surface area contributed by atoms with E-state index in [1.807, 2.05) is 0 Å². The third-order valence-electron chi connectivity index (χ3n) is 4.67. The van der Waals surface area contributed by atoms with Crippen LogP contribution in [0.1, 0.15) is 28.7 Å². The molecule has 2 N–H and O–H groups in total. The van der Waals surface area contributed by atoms with Gasteiger partial charge in [0.15, 0.2) is 5.82 Å². The minimum absolute atomic E-state index is 0.594. The Hall–Kier alpha value is -2.62. The van der Waals surface area contributed by atoms with Crippen molar-refractivity contribution in [3.63, 3.8) is 0 Å². The van der Waals surface area contributed by atoms with Gasteiger partial charge in [-0.2, -0.15) is 4.68 Å². The molecule has 23 heavy (non-hydrogen) atoms. The number of anilines is 1. The van der Waals surface area contributed by atoms with Crippen LogP contribution in [-0.2, 0) is 12.8 Å². The average molecular weight is 304 g/mol. The van der Waals surface area contributed by atoms with Gasteiger partial charge in [0.25, 0.3) is 0 Å². The monoisotopic (exact) mass is 304 g/mol. The molecule has 4 nitrogen and oxygen atoms in total. The highest BCUT2D eigenvalue weighted by atomic mass is 15.5. The Morgan fingerprint density at radius 3 is 2.70 bits per heavy atom. The molecule has 0 bridgehead atoms. The summed E-state index contributed by atoms with van der Waals surface area (Å²) in [5.74, 6) is 0.594. The van der Waals surface area contributed by atoms with Gasteiger partial charge in [-0.25, -0.2) is 0 Å². The second kappa shape index (κ2) is 5.23. The number of aryl methyl sites for hydroxylation is 4. The molecule has 2 aromatic carbocycles. The van der Waals surface area contributed by atoms with Crippen LogP contribution in [0.4, 0.5) is 5.82 Å². The van der Waals surface area contributed by atoms with Crippen molar-refractivity contribution in [3.8, 4) is 16.9 Å². The van der Waals surface area contributed by atoms with Crippen LogP contribution in [0.15, 0.2) is 36.4 Å². The van der Waals surface area contributed by atoms with E-state index < -0.39 is 0 Å². The number of nitrogens with two attached hydrogens (primary N) is 1. The fourth-order valence-corrected chi connectivity index (χ4v) is 3.34. The maximum Gasteiger partial charge on any atom is 0.155 e. The molecule has 0 aliphatic heterocycles. The zero-order valence-corrected chi connectivity index (χ0v) is 13.5. The SMILES string of the molecule is Cc1ccc(C)c(-n2nnc(-c3ccc4c(c3)CCC4)c2N)c1. The summed E-state index contributed by atoms with van der Waals surface area (Å²) < 4.78 is 1.74. The van der Waals surface area contributed by atoms with Gasteiger partial charge in [-0.05, 0) is 67.5 Å². The van der Waals surface area contributed by atoms with Gasteiger partial charge in [-0.1, -0.05) is 29.5 Å². The number of benzene rings is 2. The first kappa shape index (κ1) is 14.0. The summed E-state index contributed by atoms with van der Waals surface area (Å²) in [6, 6.07) is 12.8. The van der Waals surface area contributed by atoms with Crippen molar-refractivity contribution in [2.75, 3.05) is 5.73 Å². The summed E-state index contributed by atoms with van der Waals surface area (Å²) in [7, 11) is 0. The van der Waals surface area contributed by atoms with Crippen molar-refractivity contribution in [3.05, 3.63) is 58.7 Å². The Bertz CT molecular complexity index is 892. The Morgan fingerprint density at radius 1 is 1.00 bits per heavy atom. The molecule has 0 unspecified atom stereocenters. The number of nitrogen functional groups attached to an aromatic ring is 1.